The van der Waals surface area contributed by atoms with Gasteiger partial charge in [-0.15, -0.1) is 0 Å². The van der Waals surface area contributed by atoms with Gasteiger partial charge in [-0.25, -0.2) is 0 Å². The first-order valence-electron chi connectivity index (χ1n) is 8.06. The standard InChI is InChI=1S/C16H32N2/c1-4-14-7-10-18(11-14)16(12-17)8-5-15(6-9-16)13(2)3/h13-15H,4-12,17H2,1-3H3. The van der Waals surface area contributed by atoms with Gasteiger partial charge >= 0.3 is 0 Å². The lowest BCUT2D eigenvalue weighted by atomic mass is 9.72. The lowest BCUT2D eigenvalue weighted by Crippen LogP contribution is -2.55. The van der Waals surface area contributed by atoms with Crippen molar-refractivity contribution in [1.82, 2.24) is 4.90 Å². The Labute approximate surface area is 113 Å². The fourth-order valence-corrected chi connectivity index (χ4v) is 4.09. The van der Waals surface area contributed by atoms with Gasteiger partial charge in [0.15, 0.2) is 0 Å². The van der Waals surface area contributed by atoms with E-state index >= 15 is 0 Å². The van der Waals surface area contributed by atoms with E-state index < -0.39 is 0 Å². The van der Waals surface area contributed by atoms with E-state index in [2.05, 4.69) is 25.7 Å². The highest BCUT2D eigenvalue weighted by Crippen LogP contribution is 2.41. The summed E-state index contributed by atoms with van der Waals surface area (Å²) in [5.74, 6) is 2.72. The molecule has 1 aliphatic heterocycles. The number of hydrogen-bond acceptors (Lipinski definition) is 2. The average molecular weight is 252 g/mol. The molecule has 1 heterocycles. The molecule has 0 radical (unpaired) electrons. The van der Waals surface area contributed by atoms with Crippen LogP contribution in [0, 0.1) is 17.8 Å². The van der Waals surface area contributed by atoms with E-state index in [0.29, 0.717) is 5.54 Å². The first kappa shape index (κ1) is 14.3. The minimum Gasteiger partial charge on any atom is -0.329 e. The molecule has 18 heavy (non-hydrogen) atoms. The van der Waals surface area contributed by atoms with Gasteiger partial charge in [-0.1, -0.05) is 27.2 Å². The van der Waals surface area contributed by atoms with Crippen molar-refractivity contribution >= 4 is 0 Å². The summed E-state index contributed by atoms with van der Waals surface area (Å²) in [4.78, 5) is 2.75. The van der Waals surface area contributed by atoms with Crippen molar-refractivity contribution in [3.05, 3.63) is 0 Å². The Kier molecular flexibility index (Phi) is 4.71. The van der Waals surface area contributed by atoms with Gasteiger partial charge in [-0.3, -0.25) is 4.90 Å². The summed E-state index contributed by atoms with van der Waals surface area (Å²) >= 11 is 0. The van der Waals surface area contributed by atoms with E-state index in [-0.39, 0.29) is 0 Å². The molecule has 1 atom stereocenters. The maximum absolute atomic E-state index is 6.18. The summed E-state index contributed by atoms with van der Waals surface area (Å²) in [7, 11) is 0. The summed E-state index contributed by atoms with van der Waals surface area (Å²) in [6.07, 6.45) is 8.19. The number of nitrogens with zero attached hydrogens (tertiary/aromatic N) is 1. The van der Waals surface area contributed by atoms with Crippen molar-refractivity contribution < 1.29 is 0 Å². The molecular weight excluding hydrogens is 220 g/mol. The molecule has 2 N–H and O–H groups in total. The lowest BCUT2D eigenvalue weighted by Gasteiger charge is -2.47. The van der Waals surface area contributed by atoms with Crippen LogP contribution in [-0.2, 0) is 0 Å². The van der Waals surface area contributed by atoms with Crippen molar-refractivity contribution in [2.75, 3.05) is 19.6 Å². The van der Waals surface area contributed by atoms with Crippen LogP contribution in [0.25, 0.3) is 0 Å². The van der Waals surface area contributed by atoms with E-state index in [1.807, 2.05) is 0 Å². The minimum atomic E-state index is 0.356. The van der Waals surface area contributed by atoms with Crippen LogP contribution in [0.2, 0.25) is 0 Å². The van der Waals surface area contributed by atoms with Crippen molar-refractivity contribution in [1.29, 1.82) is 0 Å². The second-order valence-corrected chi connectivity index (χ2v) is 7.02. The molecule has 0 aromatic carbocycles. The summed E-state index contributed by atoms with van der Waals surface area (Å²) in [5.41, 5.74) is 6.54. The fourth-order valence-electron chi connectivity index (χ4n) is 4.09. The molecule has 2 fully saturated rings. The fraction of sp³-hybridized carbons (Fsp3) is 1.00. The zero-order valence-corrected chi connectivity index (χ0v) is 12.6. The van der Waals surface area contributed by atoms with Crippen LogP contribution in [0.4, 0.5) is 0 Å². The second-order valence-electron chi connectivity index (χ2n) is 7.02. The van der Waals surface area contributed by atoms with Crippen molar-refractivity contribution in [3.8, 4) is 0 Å². The van der Waals surface area contributed by atoms with Crippen molar-refractivity contribution in [2.24, 2.45) is 23.5 Å². The molecule has 106 valence electrons. The van der Waals surface area contributed by atoms with Gasteiger partial charge < -0.3 is 5.73 Å². The molecule has 2 nitrogen and oxygen atoms in total. The Bertz CT molecular complexity index is 254. The first-order valence-corrected chi connectivity index (χ1v) is 8.06. The van der Waals surface area contributed by atoms with Gasteiger partial charge in [0.25, 0.3) is 0 Å². The third kappa shape index (κ3) is 2.75. The molecule has 2 aliphatic rings. The number of hydrogen-bond donors (Lipinski definition) is 1. The monoisotopic (exact) mass is 252 g/mol. The van der Waals surface area contributed by atoms with Crippen LogP contribution in [0.5, 0.6) is 0 Å². The topological polar surface area (TPSA) is 29.3 Å². The number of rotatable bonds is 4. The zero-order valence-electron chi connectivity index (χ0n) is 12.6. The summed E-state index contributed by atoms with van der Waals surface area (Å²) < 4.78 is 0. The van der Waals surface area contributed by atoms with E-state index in [9.17, 15) is 0 Å². The highest BCUT2D eigenvalue weighted by molar-refractivity contribution is 4.98. The minimum absolute atomic E-state index is 0.356. The van der Waals surface area contributed by atoms with Crippen LogP contribution in [0.1, 0.15) is 59.3 Å². The van der Waals surface area contributed by atoms with Gasteiger partial charge in [0.05, 0.1) is 0 Å². The molecule has 0 amide bonds. The van der Waals surface area contributed by atoms with Gasteiger partial charge in [-0.05, 0) is 56.4 Å². The highest BCUT2D eigenvalue weighted by atomic mass is 15.2. The molecule has 2 heteroatoms. The molecule has 1 saturated heterocycles. The molecule has 0 aromatic rings. The Morgan fingerprint density at radius 3 is 2.33 bits per heavy atom. The van der Waals surface area contributed by atoms with Gasteiger partial charge in [0.2, 0.25) is 0 Å². The third-order valence-electron chi connectivity index (χ3n) is 5.82. The molecule has 1 saturated carbocycles. The van der Waals surface area contributed by atoms with Gasteiger partial charge in [-0.2, -0.15) is 0 Å². The predicted octanol–water partition coefficient (Wildman–Crippen LogP) is 3.26. The van der Waals surface area contributed by atoms with E-state index in [4.69, 9.17) is 5.73 Å². The number of likely N-dealkylation sites (tertiary alicyclic amines) is 1. The highest BCUT2D eigenvalue weighted by Gasteiger charge is 2.42. The molecule has 0 bridgehead atoms. The predicted molar refractivity (Wildman–Crippen MR) is 78.6 cm³/mol. The molecule has 1 aliphatic carbocycles. The van der Waals surface area contributed by atoms with Crippen molar-refractivity contribution in [3.63, 3.8) is 0 Å². The average Bonchev–Trinajstić information content (AvgIpc) is 2.88. The van der Waals surface area contributed by atoms with Gasteiger partial charge in [0, 0.05) is 18.6 Å². The maximum atomic E-state index is 6.18. The Hall–Kier alpha value is -0.0800. The van der Waals surface area contributed by atoms with E-state index in [1.54, 1.807) is 0 Å². The van der Waals surface area contributed by atoms with Gasteiger partial charge in [0.1, 0.15) is 0 Å². The third-order valence-corrected chi connectivity index (χ3v) is 5.82. The van der Waals surface area contributed by atoms with E-state index in [0.717, 1.165) is 24.3 Å². The largest absolute Gasteiger partial charge is 0.329 e. The van der Waals surface area contributed by atoms with Crippen LogP contribution in [0.3, 0.4) is 0 Å². The molecule has 0 aromatic heterocycles. The molecule has 1 unspecified atom stereocenters. The summed E-state index contributed by atoms with van der Waals surface area (Å²) in [5, 5.41) is 0. The Morgan fingerprint density at radius 1 is 1.22 bits per heavy atom. The number of nitrogens with two attached hydrogens (primary N) is 1. The molecular formula is C16H32N2. The summed E-state index contributed by atoms with van der Waals surface area (Å²) in [6, 6.07) is 0. The van der Waals surface area contributed by atoms with E-state index in [1.165, 1.54) is 51.6 Å². The normalized spacial score (nSPS) is 38.5. The smallest absolute Gasteiger partial charge is 0.0332 e. The quantitative estimate of drug-likeness (QED) is 0.832. The van der Waals surface area contributed by atoms with Crippen molar-refractivity contribution in [2.45, 2.75) is 64.8 Å². The first-order chi connectivity index (χ1) is 8.61. The molecule has 0 spiro atoms. The molecule has 2 rings (SSSR count). The second kappa shape index (κ2) is 5.92. The van der Waals surface area contributed by atoms with Crippen LogP contribution in [0.15, 0.2) is 0 Å². The lowest BCUT2D eigenvalue weighted by molar-refractivity contribution is 0.0507. The Balaban J connectivity index is 1.96. The summed E-state index contributed by atoms with van der Waals surface area (Å²) in [6.45, 7) is 10.6. The van der Waals surface area contributed by atoms with Crippen LogP contribution in [-0.4, -0.2) is 30.1 Å². The SMILES string of the molecule is CCC1CCN(C2(CN)CCC(C(C)C)CC2)C1. The maximum Gasteiger partial charge on any atom is 0.0332 e. The van der Waals surface area contributed by atoms with Crippen LogP contribution < -0.4 is 5.73 Å². The van der Waals surface area contributed by atoms with Crippen LogP contribution >= 0.6 is 0 Å². The Morgan fingerprint density at radius 2 is 1.89 bits per heavy atom. The zero-order chi connectivity index (χ0) is 13.2.